The maximum Gasteiger partial charge on any atom is 0.0177 e. The molecule has 3 heteroatoms. The molecule has 16 heavy (non-hydrogen) atoms. The number of hydrogen-bond acceptors (Lipinski definition) is 2. The molecule has 0 radical (unpaired) electrons. The number of benzene rings is 1. The number of thioether (sulfide) groups is 1. The van der Waals surface area contributed by atoms with E-state index in [1.807, 2.05) is 0 Å². The maximum atomic E-state index is 3.63. The Bertz CT molecular complexity index is 323. The second kappa shape index (κ2) is 6.67. The van der Waals surface area contributed by atoms with Crippen molar-refractivity contribution >= 4 is 27.7 Å². The van der Waals surface area contributed by atoms with Crippen LogP contribution in [0.25, 0.3) is 0 Å². The molecule has 1 fully saturated rings. The molecule has 1 aromatic rings. The minimum atomic E-state index is 0.771. The van der Waals surface area contributed by atoms with Gasteiger partial charge in [0, 0.05) is 16.3 Å². The first-order valence-corrected chi connectivity index (χ1v) is 7.85. The van der Waals surface area contributed by atoms with Gasteiger partial charge in [0.15, 0.2) is 0 Å². The van der Waals surface area contributed by atoms with E-state index in [9.17, 15) is 0 Å². The molecule has 1 atom stereocenters. The van der Waals surface area contributed by atoms with Gasteiger partial charge in [-0.15, -0.1) is 0 Å². The van der Waals surface area contributed by atoms with Crippen LogP contribution in [0.5, 0.6) is 0 Å². The van der Waals surface area contributed by atoms with Gasteiger partial charge in [-0.05, 0) is 49.3 Å². The van der Waals surface area contributed by atoms with Crippen LogP contribution < -0.4 is 5.32 Å². The predicted octanol–water partition coefficient (Wildman–Crippen LogP) is 3.48. The third-order valence-electron chi connectivity index (χ3n) is 2.89. The number of halogens is 1. The van der Waals surface area contributed by atoms with E-state index >= 15 is 0 Å². The summed E-state index contributed by atoms with van der Waals surface area (Å²) in [6.45, 7) is 1.15. The van der Waals surface area contributed by atoms with Crippen molar-refractivity contribution in [1.29, 1.82) is 0 Å². The third kappa shape index (κ3) is 4.11. The summed E-state index contributed by atoms with van der Waals surface area (Å²) in [5, 5.41) is 3.63. The number of rotatable bonds is 5. The Kier molecular flexibility index (Phi) is 5.20. The van der Waals surface area contributed by atoms with Crippen LogP contribution in [-0.4, -0.2) is 24.1 Å². The molecular weight excluding hydrogens is 282 g/mol. The van der Waals surface area contributed by atoms with Gasteiger partial charge in [-0.1, -0.05) is 28.1 Å². The molecule has 1 nitrogen and oxygen atoms in total. The van der Waals surface area contributed by atoms with Crippen LogP contribution in [0, 0.1) is 0 Å². The van der Waals surface area contributed by atoms with E-state index in [4.69, 9.17) is 0 Å². The minimum Gasteiger partial charge on any atom is -0.313 e. The lowest BCUT2D eigenvalue weighted by molar-refractivity contribution is 0.545. The predicted molar refractivity (Wildman–Crippen MR) is 76.2 cm³/mol. The first-order chi connectivity index (χ1) is 7.84. The summed E-state index contributed by atoms with van der Waals surface area (Å²) in [6, 6.07) is 9.38. The first-order valence-electron chi connectivity index (χ1n) is 5.90. The summed E-state index contributed by atoms with van der Waals surface area (Å²) in [4.78, 5) is 0. The lowest BCUT2D eigenvalue weighted by Gasteiger charge is -2.10. The maximum absolute atomic E-state index is 3.63. The van der Waals surface area contributed by atoms with Gasteiger partial charge in [0.1, 0.15) is 0 Å². The molecule has 0 aliphatic carbocycles. The van der Waals surface area contributed by atoms with Crippen LogP contribution in [0.15, 0.2) is 28.7 Å². The highest BCUT2D eigenvalue weighted by atomic mass is 79.9. The van der Waals surface area contributed by atoms with E-state index in [0.29, 0.717) is 0 Å². The van der Waals surface area contributed by atoms with Crippen LogP contribution in [0.2, 0.25) is 0 Å². The van der Waals surface area contributed by atoms with E-state index in [1.165, 1.54) is 40.8 Å². The smallest absolute Gasteiger partial charge is 0.0177 e. The second-order valence-electron chi connectivity index (χ2n) is 4.25. The SMILES string of the molecule is Brc1cccc(CCCNC2CCSC2)c1. The van der Waals surface area contributed by atoms with Crippen molar-refractivity contribution in [3.05, 3.63) is 34.3 Å². The van der Waals surface area contributed by atoms with Crippen LogP contribution in [-0.2, 0) is 6.42 Å². The highest BCUT2D eigenvalue weighted by molar-refractivity contribution is 9.10. The molecule has 0 saturated carbocycles. The first kappa shape index (κ1) is 12.5. The fourth-order valence-electron chi connectivity index (χ4n) is 1.99. The average Bonchev–Trinajstić information content (AvgIpc) is 2.77. The Morgan fingerprint density at radius 2 is 2.38 bits per heavy atom. The summed E-state index contributed by atoms with van der Waals surface area (Å²) < 4.78 is 1.19. The van der Waals surface area contributed by atoms with Crippen LogP contribution in [0.1, 0.15) is 18.4 Å². The molecule has 1 aromatic carbocycles. The number of nitrogens with one attached hydrogen (secondary N) is 1. The highest BCUT2D eigenvalue weighted by Crippen LogP contribution is 2.17. The van der Waals surface area contributed by atoms with Crippen LogP contribution in [0.4, 0.5) is 0 Å². The number of aryl methyl sites for hydroxylation is 1. The standard InChI is InChI=1S/C13H18BrNS/c14-12-5-1-3-11(9-12)4-2-7-15-13-6-8-16-10-13/h1,3,5,9,13,15H,2,4,6-8,10H2. The molecule has 0 bridgehead atoms. The van der Waals surface area contributed by atoms with E-state index < -0.39 is 0 Å². The van der Waals surface area contributed by atoms with Gasteiger partial charge in [0.2, 0.25) is 0 Å². The number of hydrogen-bond donors (Lipinski definition) is 1. The Labute approximate surface area is 111 Å². The molecule has 1 aliphatic rings. The van der Waals surface area contributed by atoms with Crippen molar-refractivity contribution in [2.75, 3.05) is 18.1 Å². The van der Waals surface area contributed by atoms with E-state index in [-0.39, 0.29) is 0 Å². The van der Waals surface area contributed by atoms with Crippen molar-refractivity contribution < 1.29 is 0 Å². The molecule has 1 unspecified atom stereocenters. The van der Waals surface area contributed by atoms with Gasteiger partial charge in [-0.2, -0.15) is 11.8 Å². The molecular formula is C13H18BrNS. The zero-order chi connectivity index (χ0) is 11.2. The molecule has 1 saturated heterocycles. The Morgan fingerprint density at radius 1 is 1.44 bits per heavy atom. The minimum absolute atomic E-state index is 0.771. The van der Waals surface area contributed by atoms with E-state index in [0.717, 1.165) is 12.6 Å². The van der Waals surface area contributed by atoms with Gasteiger partial charge >= 0.3 is 0 Å². The lowest BCUT2D eigenvalue weighted by atomic mass is 10.1. The monoisotopic (exact) mass is 299 g/mol. The van der Waals surface area contributed by atoms with Crippen molar-refractivity contribution in [1.82, 2.24) is 5.32 Å². The third-order valence-corrected chi connectivity index (χ3v) is 4.55. The summed E-state index contributed by atoms with van der Waals surface area (Å²) in [5.74, 6) is 2.64. The lowest BCUT2D eigenvalue weighted by Crippen LogP contribution is -2.29. The normalized spacial score (nSPS) is 20.2. The van der Waals surface area contributed by atoms with Crippen molar-refractivity contribution in [2.45, 2.75) is 25.3 Å². The van der Waals surface area contributed by atoms with Gasteiger partial charge in [0.25, 0.3) is 0 Å². The molecule has 0 amide bonds. The van der Waals surface area contributed by atoms with E-state index in [1.54, 1.807) is 0 Å². The molecule has 1 N–H and O–H groups in total. The fourth-order valence-corrected chi connectivity index (χ4v) is 3.62. The summed E-state index contributed by atoms with van der Waals surface area (Å²) >= 11 is 5.58. The Balaban J connectivity index is 1.64. The zero-order valence-electron chi connectivity index (χ0n) is 9.42. The largest absolute Gasteiger partial charge is 0.313 e. The van der Waals surface area contributed by atoms with Crippen LogP contribution in [0.3, 0.4) is 0 Å². The summed E-state index contributed by atoms with van der Waals surface area (Å²) in [5.41, 5.74) is 1.43. The van der Waals surface area contributed by atoms with Crippen molar-refractivity contribution in [2.24, 2.45) is 0 Å². The molecule has 2 rings (SSSR count). The quantitative estimate of drug-likeness (QED) is 0.836. The van der Waals surface area contributed by atoms with Crippen molar-refractivity contribution in [3.63, 3.8) is 0 Å². The molecule has 1 aliphatic heterocycles. The topological polar surface area (TPSA) is 12.0 Å². The van der Waals surface area contributed by atoms with Gasteiger partial charge in [-0.3, -0.25) is 0 Å². The molecule has 0 spiro atoms. The zero-order valence-corrected chi connectivity index (χ0v) is 11.8. The fraction of sp³-hybridized carbons (Fsp3) is 0.538. The Morgan fingerprint density at radius 3 is 3.12 bits per heavy atom. The summed E-state index contributed by atoms with van der Waals surface area (Å²) in [7, 11) is 0. The van der Waals surface area contributed by atoms with Crippen molar-refractivity contribution in [3.8, 4) is 0 Å². The molecule has 1 heterocycles. The second-order valence-corrected chi connectivity index (χ2v) is 6.31. The molecule has 0 aromatic heterocycles. The Hall–Kier alpha value is 0.01000. The van der Waals surface area contributed by atoms with Crippen LogP contribution >= 0.6 is 27.7 Å². The van der Waals surface area contributed by atoms with Gasteiger partial charge in [0.05, 0.1) is 0 Å². The molecule has 88 valence electrons. The summed E-state index contributed by atoms with van der Waals surface area (Å²) in [6.07, 6.45) is 3.76. The van der Waals surface area contributed by atoms with E-state index in [2.05, 4.69) is 57.3 Å². The average molecular weight is 300 g/mol. The van der Waals surface area contributed by atoms with Gasteiger partial charge < -0.3 is 5.32 Å². The highest BCUT2D eigenvalue weighted by Gasteiger charge is 2.13. The van der Waals surface area contributed by atoms with Gasteiger partial charge in [-0.25, -0.2) is 0 Å².